The van der Waals surface area contributed by atoms with Crippen molar-refractivity contribution < 1.29 is 4.74 Å². The molecule has 138 valence electrons. The highest BCUT2D eigenvalue weighted by Crippen LogP contribution is 2.15. The van der Waals surface area contributed by atoms with Gasteiger partial charge in [0.05, 0.1) is 0 Å². The van der Waals surface area contributed by atoms with Gasteiger partial charge in [-0.05, 0) is 44.7 Å². The summed E-state index contributed by atoms with van der Waals surface area (Å²) in [6.45, 7) is 11.8. The number of rotatable bonds is 11. The lowest BCUT2D eigenvalue weighted by Gasteiger charge is -2.17. The average molecular weight is 440 g/mol. The molecule has 0 aromatic carbocycles. The Hall–Kier alpha value is -0.0800. The summed E-state index contributed by atoms with van der Waals surface area (Å²) < 4.78 is 5.56. The second-order valence-corrected chi connectivity index (χ2v) is 6.15. The van der Waals surface area contributed by atoms with Gasteiger partial charge in [0.25, 0.3) is 0 Å². The van der Waals surface area contributed by atoms with Crippen LogP contribution >= 0.6 is 24.0 Å². The Morgan fingerprint density at radius 3 is 2.65 bits per heavy atom. The number of hydrogen-bond donors (Lipinski definition) is 2. The van der Waals surface area contributed by atoms with E-state index >= 15 is 0 Å². The molecule has 1 saturated heterocycles. The fraction of sp³-hybridized carbons (Fsp3) is 0.941. The minimum absolute atomic E-state index is 0. The maximum Gasteiger partial charge on any atom is 0.190 e. The number of nitrogens with zero attached hydrogens (tertiary/aromatic N) is 2. The van der Waals surface area contributed by atoms with Crippen LogP contribution in [-0.2, 0) is 4.74 Å². The van der Waals surface area contributed by atoms with E-state index in [1.54, 1.807) is 0 Å². The molecule has 0 spiro atoms. The zero-order valence-electron chi connectivity index (χ0n) is 15.3. The van der Waals surface area contributed by atoms with Crippen LogP contribution in [0.4, 0.5) is 0 Å². The molecule has 0 bridgehead atoms. The average Bonchev–Trinajstić information content (AvgIpc) is 2.97. The lowest BCUT2D eigenvalue weighted by atomic mass is 10.1. The van der Waals surface area contributed by atoms with Gasteiger partial charge in [0, 0.05) is 39.9 Å². The molecule has 0 radical (unpaired) electrons. The molecule has 1 rings (SSSR count). The van der Waals surface area contributed by atoms with E-state index in [-0.39, 0.29) is 24.0 Å². The Kier molecular flexibility index (Phi) is 15.4. The van der Waals surface area contributed by atoms with Crippen molar-refractivity contribution in [3.63, 3.8) is 0 Å². The molecule has 23 heavy (non-hydrogen) atoms. The third-order valence-corrected chi connectivity index (χ3v) is 4.09. The van der Waals surface area contributed by atoms with E-state index in [2.05, 4.69) is 34.4 Å². The van der Waals surface area contributed by atoms with Gasteiger partial charge in [-0.1, -0.05) is 20.3 Å². The number of aliphatic imine (C=N–C) groups is 1. The quantitative estimate of drug-likeness (QED) is 0.225. The largest absolute Gasteiger partial charge is 0.381 e. The Bertz CT molecular complexity index is 302. The van der Waals surface area contributed by atoms with Crippen LogP contribution in [-0.4, -0.2) is 63.8 Å². The standard InChI is InChI=1S/C17H36N4O.HI/c1-4-6-12-22-13-7-9-19-17(18-3)20-14-16-8-11-21(15-16)10-5-2;/h16H,4-15H2,1-3H3,(H2,18,19,20);1H. The Morgan fingerprint density at radius 1 is 1.17 bits per heavy atom. The van der Waals surface area contributed by atoms with Crippen LogP contribution in [0.25, 0.3) is 0 Å². The molecular weight excluding hydrogens is 403 g/mol. The molecule has 1 aliphatic heterocycles. The van der Waals surface area contributed by atoms with Gasteiger partial charge in [-0.3, -0.25) is 4.99 Å². The number of halogens is 1. The summed E-state index contributed by atoms with van der Waals surface area (Å²) in [4.78, 5) is 6.86. The zero-order chi connectivity index (χ0) is 16.0. The maximum absolute atomic E-state index is 5.56. The highest BCUT2D eigenvalue weighted by atomic mass is 127. The molecule has 0 amide bonds. The highest BCUT2D eigenvalue weighted by Gasteiger charge is 2.21. The van der Waals surface area contributed by atoms with Gasteiger partial charge in [0.1, 0.15) is 0 Å². The normalized spacial score (nSPS) is 18.7. The van der Waals surface area contributed by atoms with Gasteiger partial charge in [-0.25, -0.2) is 0 Å². The molecule has 1 atom stereocenters. The van der Waals surface area contributed by atoms with Crippen LogP contribution in [0.5, 0.6) is 0 Å². The summed E-state index contributed by atoms with van der Waals surface area (Å²) in [6.07, 6.45) is 5.94. The van der Waals surface area contributed by atoms with Gasteiger partial charge in [-0.15, -0.1) is 24.0 Å². The summed E-state index contributed by atoms with van der Waals surface area (Å²) in [5.74, 6) is 1.67. The lowest BCUT2D eigenvalue weighted by molar-refractivity contribution is 0.129. The van der Waals surface area contributed by atoms with Crippen LogP contribution in [0.1, 0.15) is 46.0 Å². The van der Waals surface area contributed by atoms with E-state index in [9.17, 15) is 0 Å². The zero-order valence-corrected chi connectivity index (χ0v) is 17.6. The first-order chi connectivity index (χ1) is 10.8. The molecular formula is C17H37IN4O. The van der Waals surface area contributed by atoms with Crippen molar-refractivity contribution in [2.75, 3.05) is 53.0 Å². The Balaban J connectivity index is 0.00000484. The van der Waals surface area contributed by atoms with Crippen molar-refractivity contribution in [1.82, 2.24) is 15.5 Å². The summed E-state index contributed by atoms with van der Waals surface area (Å²) in [7, 11) is 1.84. The van der Waals surface area contributed by atoms with Crippen molar-refractivity contribution >= 4 is 29.9 Å². The molecule has 1 heterocycles. The first-order valence-electron chi connectivity index (χ1n) is 9.04. The van der Waals surface area contributed by atoms with Crippen molar-refractivity contribution in [2.45, 2.75) is 46.0 Å². The molecule has 1 fully saturated rings. The molecule has 0 aromatic rings. The molecule has 5 nitrogen and oxygen atoms in total. The molecule has 6 heteroatoms. The predicted octanol–water partition coefficient (Wildman–Crippen LogP) is 2.71. The van der Waals surface area contributed by atoms with Gasteiger partial charge < -0.3 is 20.3 Å². The van der Waals surface area contributed by atoms with E-state index in [0.29, 0.717) is 0 Å². The SMILES string of the molecule is CCCCOCCCNC(=NC)NCC1CCN(CCC)C1.I. The topological polar surface area (TPSA) is 48.9 Å². The number of nitrogens with one attached hydrogen (secondary N) is 2. The van der Waals surface area contributed by atoms with Gasteiger partial charge in [0.15, 0.2) is 5.96 Å². The van der Waals surface area contributed by atoms with Crippen LogP contribution in [0.15, 0.2) is 4.99 Å². The van der Waals surface area contributed by atoms with Crippen molar-refractivity contribution in [3.05, 3.63) is 0 Å². The minimum Gasteiger partial charge on any atom is -0.381 e. The summed E-state index contributed by atoms with van der Waals surface area (Å²) in [6, 6.07) is 0. The Labute approximate surface area is 160 Å². The van der Waals surface area contributed by atoms with Gasteiger partial charge in [-0.2, -0.15) is 0 Å². The molecule has 0 aromatic heterocycles. The fourth-order valence-electron chi connectivity index (χ4n) is 2.79. The number of unbranched alkanes of at least 4 members (excludes halogenated alkanes) is 1. The third kappa shape index (κ3) is 11.2. The van der Waals surface area contributed by atoms with Crippen LogP contribution in [0, 0.1) is 5.92 Å². The number of ether oxygens (including phenoxy) is 1. The molecule has 2 N–H and O–H groups in total. The van der Waals surface area contributed by atoms with Crippen molar-refractivity contribution in [1.29, 1.82) is 0 Å². The summed E-state index contributed by atoms with van der Waals surface area (Å²) >= 11 is 0. The first-order valence-corrected chi connectivity index (χ1v) is 9.04. The van der Waals surface area contributed by atoms with Crippen LogP contribution in [0.3, 0.4) is 0 Å². The van der Waals surface area contributed by atoms with E-state index in [1.165, 1.54) is 38.9 Å². The first kappa shape index (κ1) is 22.9. The van der Waals surface area contributed by atoms with Crippen LogP contribution < -0.4 is 10.6 Å². The number of likely N-dealkylation sites (tertiary alicyclic amines) is 1. The van der Waals surface area contributed by atoms with Crippen molar-refractivity contribution in [2.24, 2.45) is 10.9 Å². The molecule has 1 unspecified atom stereocenters. The Morgan fingerprint density at radius 2 is 1.96 bits per heavy atom. The summed E-state index contributed by atoms with van der Waals surface area (Å²) in [5.41, 5.74) is 0. The second kappa shape index (κ2) is 15.4. The van der Waals surface area contributed by atoms with Crippen LogP contribution in [0.2, 0.25) is 0 Å². The third-order valence-electron chi connectivity index (χ3n) is 4.09. The predicted molar refractivity (Wildman–Crippen MR) is 110 cm³/mol. The fourth-order valence-corrected chi connectivity index (χ4v) is 2.79. The maximum atomic E-state index is 5.56. The monoisotopic (exact) mass is 440 g/mol. The highest BCUT2D eigenvalue weighted by molar-refractivity contribution is 14.0. The van der Waals surface area contributed by atoms with E-state index in [1.807, 2.05) is 7.05 Å². The van der Waals surface area contributed by atoms with E-state index < -0.39 is 0 Å². The molecule has 1 aliphatic rings. The number of hydrogen-bond acceptors (Lipinski definition) is 3. The lowest BCUT2D eigenvalue weighted by Crippen LogP contribution is -2.40. The van der Waals surface area contributed by atoms with E-state index in [4.69, 9.17) is 4.74 Å². The molecule has 0 saturated carbocycles. The minimum atomic E-state index is 0. The van der Waals surface area contributed by atoms with Crippen molar-refractivity contribution in [3.8, 4) is 0 Å². The van der Waals surface area contributed by atoms with Gasteiger partial charge in [0.2, 0.25) is 0 Å². The second-order valence-electron chi connectivity index (χ2n) is 6.15. The number of guanidine groups is 1. The van der Waals surface area contributed by atoms with Gasteiger partial charge >= 0.3 is 0 Å². The summed E-state index contributed by atoms with van der Waals surface area (Å²) in [5, 5.41) is 6.82. The van der Waals surface area contributed by atoms with E-state index in [0.717, 1.165) is 51.0 Å². The molecule has 0 aliphatic carbocycles. The smallest absolute Gasteiger partial charge is 0.190 e.